The zero-order valence-electron chi connectivity index (χ0n) is 11.5. The second kappa shape index (κ2) is 5.98. The van der Waals surface area contributed by atoms with Gasteiger partial charge in [-0.15, -0.1) is 0 Å². The molecule has 2 aromatic rings. The number of hydrogen-bond donors (Lipinski definition) is 0. The number of amides is 1. The third kappa shape index (κ3) is 2.83. The van der Waals surface area contributed by atoms with E-state index in [1.54, 1.807) is 25.2 Å². The van der Waals surface area contributed by atoms with E-state index in [9.17, 15) is 4.79 Å². The Bertz CT molecular complexity index is 656. The van der Waals surface area contributed by atoms with E-state index in [2.05, 4.69) is 11.9 Å². The van der Waals surface area contributed by atoms with Crippen molar-refractivity contribution in [2.45, 2.75) is 13.3 Å². The number of nitriles is 1. The molecule has 0 atom stereocenters. The monoisotopic (exact) mass is 265 g/mol. The van der Waals surface area contributed by atoms with Crippen molar-refractivity contribution in [3.8, 4) is 6.07 Å². The van der Waals surface area contributed by atoms with Crippen LogP contribution in [0.4, 0.5) is 5.69 Å². The van der Waals surface area contributed by atoms with Gasteiger partial charge in [-0.3, -0.25) is 4.79 Å². The van der Waals surface area contributed by atoms with Crippen LogP contribution in [-0.4, -0.2) is 17.9 Å². The fourth-order valence-electron chi connectivity index (χ4n) is 1.86. The number of nitrogens with zero attached hydrogens (tertiary/aromatic N) is 3. The molecule has 100 valence electrons. The molecule has 4 nitrogen and oxygen atoms in total. The first-order chi connectivity index (χ1) is 9.65. The number of aromatic nitrogens is 1. The van der Waals surface area contributed by atoms with Crippen molar-refractivity contribution in [2.24, 2.45) is 0 Å². The minimum Gasteiger partial charge on any atom is -0.310 e. The van der Waals surface area contributed by atoms with Crippen LogP contribution in [0.3, 0.4) is 0 Å². The molecule has 0 spiro atoms. The molecule has 20 heavy (non-hydrogen) atoms. The Morgan fingerprint density at radius 1 is 1.25 bits per heavy atom. The lowest BCUT2D eigenvalue weighted by atomic mass is 10.1. The van der Waals surface area contributed by atoms with Gasteiger partial charge in [-0.2, -0.15) is 5.26 Å². The summed E-state index contributed by atoms with van der Waals surface area (Å²) in [6.45, 7) is 2.08. The highest BCUT2D eigenvalue weighted by atomic mass is 16.2. The minimum absolute atomic E-state index is 0.230. The molecule has 1 amide bonds. The van der Waals surface area contributed by atoms with Crippen molar-refractivity contribution in [3.63, 3.8) is 0 Å². The molecular weight excluding hydrogens is 250 g/mol. The minimum atomic E-state index is -0.230. The maximum atomic E-state index is 12.3. The maximum Gasteiger partial charge on any atom is 0.276 e. The Morgan fingerprint density at radius 3 is 2.55 bits per heavy atom. The van der Waals surface area contributed by atoms with E-state index in [1.807, 2.05) is 30.3 Å². The van der Waals surface area contributed by atoms with Crippen molar-refractivity contribution < 1.29 is 4.79 Å². The van der Waals surface area contributed by atoms with Crippen LogP contribution in [0, 0.1) is 11.3 Å². The first kappa shape index (κ1) is 13.8. The summed E-state index contributed by atoms with van der Waals surface area (Å²) >= 11 is 0. The second-order valence-corrected chi connectivity index (χ2v) is 4.40. The number of rotatable bonds is 3. The first-order valence-electron chi connectivity index (χ1n) is 6.40. The molecule has 0 aliphatic heterocycles. The molecule has 0 aliphatic rings. The Kier molecular flexibility index (Phi) is 4.11. The predicted molar refractivity (Wildman–Crippen MR) is 77.5 cm³/mol. The molecule has 2 rings (SSSR count). The third-order valence-corrected chi connectivity index (χ3v) is 3.12. The Balaban J connectivity index is 2.25. The summed E-state index contributed by atoms with van der Waals surface area (Å²) < 4.78 is 0. The molecule has 0 radical (unpaired) electrons. The zero-order valence-corrected chi connectivity index (χ0v) is 11.5. The molecule has 0 aliphatic carbocycles. The number of anilines is 1. The summed E-state index contributed by atoms with van der Waals surface area (Å²) in [4.78, 5) is 17.9. The fourth-order valence-corrected chi connectivity index (χ4v) is 1.86. The topological polar surface area (TPSA) is 57.0 Å². The highest BCUT2D eigenvalue weighted by Gasteiger charge is 2.15. The van der Waals surface area contributed by atoms with Gasteiger partial charge < -0.3 is 4.90 Å². The SMILES string of the molecule is CCc1ccc(N(C)C(=O)c2cccc(C#N)n2)cc1. The standard InChI is InChI=1S/C16H15N3O/c1-3-12-7-9-14(10-8-12)19(2)16(20)15-6-4-5-13(11-17)18-15/h4-10H,3H2,1-2H3. The van der Waals surface area contributed by atoms with E-state index < -0.39 is 0 Å². The van der Waals surface area contributed by atoms with Crippen molar-refractivity contribution >= 4 is 11.6 Å². The Morgan fingerprint density at radius 2 is 1.95 bits per heavy atom. The highest BCUT2D eigenvalue weighted by Crippen LogP contribution is 2.16. The number of carbonyl (C=O) groups excluding carboxylic acids is 1. The van der Waals surface area contributed by atoms with Crippen LogP contribution >= 0.6 is 0 Å². The molecule has 0 N–H and O–H groups in total. The molecule has 0 saturated heterocycles. The normalized spacial score (nSPS) is 9.85. The number of hydrogen-bond acceptors (Lipinski definition) is 3. The fraction of sp³-hybridized carbons (Fsp3) is 0.188. The van der Waals surface area contributed by atoms with Crippen LogP contribution in [0.25, 0.3) is 0 Å². The smallest absolute Gasteiger partial charge is 0.276 e. The molecule has 1 aromatic heterocycles. The lowest BCUT2D eigenvalue weighted by molar-refractivity contribution is 0.0988. The van der Waals surface area contributed by atoms with Gasteiger partial charge in [0.1, 0.15) is 17.5 Å². The third-order valence-electron chi connectivity index (χ3n) is 3.12. The van der Waals surface area contributed by atoms with Crippen molar-refractivity contribution in [3.05, 3.63) is 59.4 Å². The van der Waals surface area contributed by atoms with E-state index in [-0.39, 0.29) is 17.3 Å². The van der Waals surface area contributed by atoms with Gasteiger partial charge in [0.05, 0.1) is 0 Å². The number of pyridine rings is 1. The van der Waals surface area contributed by atoms with Crippen LogP contribution in [0.2, 0.25) is 0 Å². The average molecular weight is 265 g/mol. The summed E-state index contributed by atoms with van der Waals surface area (Å²) in [6, 6.07) is 14.6. The lowest BCUT2D eigenvalue weighted by Gasteiger charge is -2.17. The van der Waals surface area contributed by atoms with Gasteiger partial charge in [-0.1, -0.05) is 25.1 Å². The maximum absolute atomic E-state index is 12.3. The molecule has 1 heterocycles. The molecule has 0 unspecified atom stereocenters. The summed E-state index contributed by atoms with van der Waals surface area (Å²) in [5.74, 6) is -0.230. The van der Waals surface area contributed by atoms with Gasteiger partial charge in [-0.05, 0) is 36.2 Å². The summed E-state index contributed by atoms with van der Waals surface area (Å²) in [7, 11) is 1.70. The van der Waals surface area contributed by atoms with Crippen LogP contribution in [0.5, 0.6) is 0 Å². The largest absolute Gasteiger partial charge is 0.310 e. The van der Waals surface area contributed by atoms with Gasteiger partial charge in [-0.25, -0.2) is 4.98 Å². The molecule has 0 fully saturated rings. The number of aryl methyl sites for hydroxylation is 1. The van der Waals surface area contributed by atoms with E-state index in [4.69, 9.17) is 5.26 Å². The van der Waals surface area contributed by atoms with Crippen LogP contribution in [0.15, 0.2) is 42.5 Å². The second-order valence-electron chi connectivity index (χ2n) is 4.40. The lowest BCUT2D eigenvalue weighted by Crippen LogP contribution is -2.27. The quantitative estimate of drug-likeness (QED) is 0.857. The summed E-state index contributed by atoms with van der Waals surface area (Å²) in [5.41, 5.74) is 2.53. The molecular formula is C16H15N3O. The van der Waals surface area contributed by atoms with Gasteiger partial charge >= 0.3 is 0 Å². The van der Waals surface area contributed by atoms with Gasteiger partial charge in [0, 0.05) is 12.7 Å². The predicted octanol–water partition coefficient (Wildman–Crippen LogP) is 2.79. The van der Waals surface area contributed by atoms with Crippen LogP contribution in [0.1, 0.15) is 28.7 Å². The van der Waals surface area contributed by atoms with Crippen LogP contribution < -0.4 is 4.90 Å². The van der Waals surface area contributed by atoms with Crippen molar-refractivity contribution in [1.82, 2.24) is 4.98 Å². The highest BCUT2D eigenvalue weighted by molar-refractivity contribution is 6.04. The zero-order chi connectivity index (χ0) is 14.5. The average Bonchev–Trinajstić information content (AvgIpc) is 2.53. The van der Waals surface area contributed by atoms with Gasteiger partial charge in [0.15, 0.2) is 0 Å². The van der Waals surface area contributed by atoms with Crippen molar-refractivity contribution in [2.75, 3.05) is 11.9 Å². The van der Waals surface area contributed by atoms with E-state index in [1.165, 1.54) is 10.5 Å². The van der Waals surface area contributed by atoms with Gasteiger partial charge in [0.25, 0.3) is 5.91 Å². The number of carbonyl (C=O) groups is 1. The Hall–Kier alpha value is -2.67. The first-order valence-corrected chi connectivity index (χ1v) is 6.40. The number of benzene rings is 1. The van der Waals surface area contributed by atoms with E-state index in [0.29, 0.717) is 0 Å². The molecule has 1 aromatic carbocycles. The van der Waals surface area contributed by atoms with E-state index >= 15 is 0 Å². The van der Waals surface area contributed by atoms with Crippen LogP contribution in [-0.2, 0) is 6.42 Å². The molecule has 4 heteroatoms. The van der Waals surface area contributed by atoms with Gasteiger partial charge in [0.2, 0.25) is 0 Å². The molecule has 0 bridgehead atoms. The molecule has 0 saturated carbocycles. The summed E-state index contributed by atoms with van der Waals surface area (Å²) in [5, 5.41) is 8.82. The summed E-state index contributed by atoms with van der Waals surface area (Å²) in [6.07, 6.45) is 0.962. The van der Waals surface area contributed by atoms with Crippen molar-refractivity contribution in [1.29, 1.82) is 5.26 Å². The Labute approximate surface area is 118 Å². The van der Waals surface area contributed by atoms with E-state index in [0.717, 1.165) is 12.1 Å².